The van der Waals surface area contributed by atoms with Crippen LogP contribution >= 0.6 is 23.2 Å². The molecule has 0 aliphatic rings. The lowest BCUT2D eigenvalue weighted by Crippen LogP contribution is -2.34. The smallest absolute Gasteiger partial charge is 0.343 e. The molecular formula is C9H7Cl2F3N2O3S. The minimum absolute atomic E-state index is 0.304. The van der Waals surface area contributed by atoms with Crippen LogP contribution in [-0.4, -0.2) is 27.0 Å². The Morgan fingerprint density at radius 3 is 2.25 bits per heavy atom. The van der Waals surface area contributed by atoms with Gasteiger partial charge in [0.15, 0.2) is 0 Å². The van der Waals surface area contributed by atoms with Gasteiger partial charge in [-0.1, -0.05) is 23.2 Å². The Balaban J connectivity index is 3.16. The standard InChI is InChI=1S/C9H7Cl2F3N2O3S/c10-5-2-6(11)7(20(15,18)19)1-4(5)8(17)16-3-9(12,13)14/h1-2H,3H2,(H,16,17)(H2,15,18,19). The molecule has 0 atom stereocenters. The van der Waals surface area contributed by atoms with Crippen LogP contribution in [0.5, 0.6) is 0 Å². The molecule has 3 N–H and O–H groups in total. The number of carbonyl (C=O) groups is 1. The van der Waals surface area contributed by atoms with Crippen molar-refractivity contribution in [1.29, 1.82) is 0 Å². The summed E-state index contributed by atoms with van der Waals surface area (Å²) in [6.07, 6.45) is -4.61. The van der Waals surface area contributed by atoms with Crippen molar-refractivity contribution in [3.8, 4) is 0 Å². The van der Waals surface area contributed by atoms with Crippen LogP contribution in [0.25, 0.3) is 0 Å². The van der Waals surface area contributed by atoms with Crippen molar-refractivity contribution < 1.29 is 26.4 Å². The van der Waals surface area contributed by atoms with E-state index in [-0.39, 0.29) is 10.0 Å². The summed E-state index contributed by atoms with van der Waals surface area (Å²) in [4.78, 5) is 10.9. The molecule has 0 unspecified atom stereocenters. The Labute approximate surface area is 121 Å². The average Bonchev–Trinajstić information content (AvgIpc) is 2.23. The highest BCUT2D eigenvalue weighted by atomic mass is 35.5. The van der Waals surface area contributed by atoms with E-state index in [1.54, 1.807) is 5.32 Å². The highest BCUT2D eigenvalue weighted by Gasteiger charge is 2.29. The van der Waals surface area contributed by atoms with Crippen LogP contribution in [-0.2, 0) is 10.0 Å². The van der Waals surface area contributed by atoms with Gasteiger partial charge in [0.2, 0.25) is 10.0 Å². The Morgan fingerprint density at radius 1 is 1.25 bits per heavy atom. The van der Waals surface area contributed by atoms with E-state index >= 15 is 0 Å². The van der Waals surface area contributed by atoms with Gasteiger partial charge in [0.1, 0.15) is 11.4 Å². The number of benzene rings is 1. The molecule has 0 aliphatic carbocycles. The Bertz CT molecular complexity index is 647. The second-order valence-corrected chi connectivity index (χ2v) is 5.95. The van der Waals surface area contributed by atoms with Crippen LogP contribution in [0.3, 0.4) is 0 Å². The number of rotatable bonds is 3. The van der Waals surface area contributed by atoms with Crippen molar-refractivity contribution >= 4 is 39.1 Å². The van der Waals surface area contributed by atoms with Gasteiger partial charge >= 0.3 is 6.18 Å². The molecule has 0 spiro atoms. The Morgan fingerprint density at radius 2 is 1.80 bits per heavy atom. The molecule has 0 fully saturated rings. The van der Waals surface area contributed by atoms with Crippen LogP contribution in [0.1, 0.15) is 10.4 Å². The highest BCUT2D eigenvalue weighted by molar-refractivity contribution is 7.89. The van der Waals surface area contributed by atoms with Crippen molar-refractivity contribution in [1.82, 2.24) is 5.32 Å². The molecular weight excluding hydrogens is 344 g/mol. The zero-order valence-electron chi connectivity index (χ0n) is 9.46. The lowest BCUT2D eigenvalue weighted by Gasteiger charge is -2.11. The molecule has 112 valence electrons. The largest absolute Gasteiger partial charge is 0.405 e. The van der Waals surface area contributed by atoms with Crippen LogP contribution in [0.15, 0.2) is 17.0 Å². The van der Waals surface area contributed by atoms with Crippen LogP contribution in [0.4, 0.5) is 13.2 Å². The van der Waals surface area contributed by atoms with E-state index in [4.69, 9.17) is 28.3 Å². The number of halogens is 5. The summed E-state index contributed by atoms with van der Waals surface area (Å²) in [6, 6.07) is 1.62. The van der Waals surface area contributed by atoms with Gasteiger partial charge in [-0.05, 0) is 12.1 Å². The van der Waals surface area contributed by atoms with Crippen molar-refractivity contribution in [3.05, 3.63) is 27.7 Å². The fourth-order valence-electron chi connectivity index (χ4n) is 1.20. The maximum absolute atomic E-state index is 12.0. The van der Waals surface area contributed by atoms with Crippen LogP contribution < -0.4 is 10.5 Å². The third-order valence-electron chi connectivity index (χ3n) is 2.02. The monoisotopic (exact) mass is 350 g/mol. The van der Waals surface area contributed by atoms with Crippen LogP contribution in [0, 0.1) is 0 Å². The third-order valence-corrected chi connectivity index (χ3v) is 3.71. The number of amides is 1. The Hall–Kier alpha value is -1.03. The summed E-state index contributed by atoms with van der Waals surface area (Å²) in [5.74, 6) is -1.20. The van der Waals surface area contributed by atoms with Gasteiger partial charge in [0.25, 0.3) is 5.91 Å². The van der Waals surface area contributed by atoms with E-state index in [1.165, 1.54) is 0 Å². The normalized spacial score (nSPS) is 12.3. The number of sulfonamides is 1. The number of hydrogen-bond acceptors (Lipinski definition) is 3. The minimum Gasteiger partial charge on any atom is -0.343 e. The van der Waals surface area contributed by atoms with E-state index < -0.39 is 39.1 Å². The van der Waals surface area contributed by atoms with Crippen LogP contribution in [0.2, 0.25) is 10.0 Å². The second kappa shape index (κ2) is 5.76. The summed E-state index contributed by atoms with van der Waals surface area (Å²) >= 11 is 11.2. The van der Waals surface area contributed by atoms with Gasteiger partial charge in [-0.2, -0.15) is 13.2 Å². The van der Waals surface area contributed by atoms with Gasteiger partial charge < -0.3 is 5.32 Å². The fourth-order valence-corrected chi connectivity index (χ4v) is 2.60. The molecule has 0 saturated heterocycles. The second-order valence-electron chi connectivity index (χ2n) is 3.61. The molecule has 1 aromatic carbocycles. The molecule has 0 saturated carbocycles. The van der Waals surface area contributed by atoms with E-state index in [2.05, 4.69) is 0 Å². The molecule has 1 rings (SSSR count). The number of alkyl halides is 3. The number of nitrogens with two attached hydrogens (primary N) is 1. The summed E-state index contributed by atoms with van der Waals surface area (Å²) in [7, 11) is -4.24. The highest BCUT2D eigenvalue weighted by Crippen LogP contribution is 2.28. The number of primary sulfonamides is 1. The van der Waals surface area contributed by atoms with E-state index in [1.807, 2.05) is 0 Å². The van der Waals surface area contributed by atoms with Crippen molar-refractivity contribution in [2.45, 2.75) is 11.1 Å². The van der Waals surface area contributed by atoms with E-state index in [0.29, 0.717) is 6.07 Å². The molecule has 11 heteroatoms. The zero-order valence-corrected chi connectivity index (χ0v) is 11.8. The summed E-state index contributed by atoms with van der Waals surface area (Å²) in [5.41, 5.74) is -0.482. The van der Waals surface area contributed by atoms with Gasteiger partial charge in [-0.15, -0.1) is 0 Å². The first kappa shape index (κ1) is 17.0. The lowest BCUT2D eigenvalue weighted by atomic mass is 10.2. The van der Waals surface area contributed by atoms with Crippen molar-refractivity contribution in [2.24, 2.45) is 5.14 Å². The summed E-state index contributed by atoms with van der Waals surface area (Å²) in [5, 5.41) is 5.76. The quantitative estimate of drug-likeness (QED) is 0.872. The van der Waals surface area contributed by atoms with Gasteiger partial charge in [-0.25, -0.2) is 13.6 Å². The maximum atomic E-state index is 12.0. The number of hydrogen-bond donors (Lipinski definition) is 2. The fraction of sp³-hybridized carbons (Fsp3) is 0.222. The molecule has 0 aliphatic heterocycles. The summed E-state index contributed by atoms with van der Waals surface area (Å²) < 4.78 is 58.3. The maximum Gasteiger partial charge on any atom is 0.405 e. The molecule has 1 aromatic rings. The topological polar surface area (TPSA) is 89.3 Å². The first-order valence-electron chi connectivity index (χ1n) is 4.78. The Kier molecular flexibility index (Phi) is 4.90. The molecule has 0 bridgehead atoms. The molecule has 5 nitrogen and oxygen atoms in total. The van der Waals surface area contributed by atoms with Crippen molar-refractivity contribution in [3.63, 3.8) is 0 Å². The van der Waals surface area contributed by atoms with Gasteiger partial charge in [0, 0.05) is 0 Å². The lowest BCUT2D eigenvalue weighted by molar-refractivity contribution is -0.123. The predicted molar refractivity (Wildman–Crippen MR) is 66.2 cm³/mol. The van der Waals surface area contributed by atoms with Crippen molar-refractivity contribution in [2.75, 3.05) is 6.54 Å². The first-order valence-corrected chi connectivity index (χ1v) is 7.09. The molecule has 0 aromatic heterocycles. The molecule has 0 heterocycles. The summed E-state index contributed by atoms with van der Waals surface area (Å²) in [6.45, 7) is -1.59. The number of nitrogens with one attached hydrogen (secondary N) is 1. The zero-order chi connectivity index (χ0) is 15.7. The predicted octanol–water partition coefficient (Wildman–Crippen LogP) is 1.93. The van der Waals surface area contributed by atoms with Gasteiger partial charge in [0.05, 0.1) is 15.6 Å². The van der Waals surface area contributed by atoms with Gasteiger partial charge in [-0.3, -0.25) is 4.79 Å². The van der Waals surface area contributed by atoms with E-state index in [9.17, 15) is 26.4 Å². The molecule has 1 amide bonds. The SMILES string of the molecule is NS(=O)(=O)c1cc(C(=O)NCC(F)(F)F)c(Cl)cc1Cl. The molecule has 0 radical (unpaired) electrons. The minimum atomic E-state index is -4.61. The third kappa shape index (κ3) is 4.51. The molecule has 20 heavy (non-hydrogen) atoms. The number of carbonyl (C=O) groups excluding carboxylic acids is 1. The van der Waals surface area contributed by atoms with E-state index in [0.717, 1.165) is 6.07 Å². The average molecular weight is 351 g/mol. The first-order chi connectivity index (χ1) is 8.92.